The topological polar surface area (TPSA) is 71.5 Å². The molecule has 0 saturated carbocycles. The van der Waals surface area contributed by atoms with Gasteiger partial charge in [-0.2, -0.15) is 0 Å². The lowest BCUT2D eigenvalue weighted by Gasteiger charge is -2.23. The zero-order chi connectivity index (χ0) is 21.6. The fraction of sp³-hybridized carbons (Fsp3) is 0.261. The summed E-state index contributed by atoms with van der Waals surface area (Å²) in [5.74, 6) is 1.64. The molecule has 6 nitrogen and oxygen atoms in total. The van der Waals surface area contributed by atoms with Crippen LogP contribution in [0.1, 0.15) is 11.3 Å². The minimum atomic E-state index is -0.463. The van der Waals surface area contributed by atoms with E-state index < -0.39 is 6.04 Å². The lowest BCUT2D eigenvalue weighted by Crippen LogP contribution is -2.47. The molecule has 4 rings (SSSR count). The summed E-state index contributed by atoms with van der Waals surface area (Å²) in [5, 5.41) is 5.83. The first-order chi connectivity index (χ1) is 15.1. The van der Waals surface area contributed by atoms with Crippen LogP contribution in [0.2, 0.25) is 0 Å². The van der Waals surface area contributed by atoms with Gasteiger partial charge in [0.15, 0.2) is 0 Å². The lowest BCUT2D eigenvalue weighted by molar-refractivity contribution is -0.137. The molecule has 3 aromatic rings. The van der Waals surface area contributed by atoms with Gasteiger partial charge in [0.2, 0.25) is 11.8 Å². The summed E-state index contributed by atoms with van der Waals surface area (Å²) in [6.45, 7) is 0.348. The Kier molecular flexibility index (Phi) is 6.89. The quantitative estimate of drug-likeness (QED) is 0.592. The highest BCUT2D eigenvalue weighted by molar-refractivity contribution is 7.99. The predicted molar refractivity (Wildman–Crippen MR) is 124 cm³/mol. The van der Waals surface area contributed by atoms with Crippen molar-refractivity contribution in [1.82, 2.24) is 15.2 Å². The number of amides is 2. The summed E-state index contributed by atoms with van der Waals surface area (Å²) in [5.41, 5.74) is 2.75. The van der Waals surface area contributed by atoms with Crippen LogP contribution in [0, 0.1) is 0 Å². The van der Waals surface area contributed by atoms with E-state index in [0.29, 0.717) is 23.9 Å². The Morgan fingerprint density at radius 3 is 2.84 bits per heavy atom. The van der Waals surface area contributed by atoms with E-state index in [1.165, 1.54) is 0 Å². The van der Waals surface area contributed by atoms with E-state index >= 15 is 0 Å². The number of hydrogen-bond acceptors (Lipinski definition) is 6. The molecule has 1 N–H and O–H groups in total. The van der Waals surface area contributed by atoms with Crippen molar-refractivity contribution in [2.45, 2.75) is 19.0 Å². The number of thioether (sulfide) groups is 1. The van der Waals surface area contributed by atoms with Crippen LogP contribution in [0.25, 0.3) is 10.6 Å². The van der Waals surface area contributed by atoms with Gasteiger partial charge in [0.1, 0.15) is 16.8 Å². The highest BCUT2D eigenvalue weighted by atomic mass is 32.2. The molecule has 0 bridgehead atoms. The molecule has 1 aromatic heterocycles. The number of hydrogen-bond donors (Lipinski definition) is 1. The van der Waals surface area contributed by atoms with Crippen LogP contribution < -0.4 is 10.1 Å². The molecule has 160 valence electrons. The van der Waals surface area contributed by atoms with Crippen LogP contribution in [0.15, 0.2) is 60.0 Å². The highest BCUT2D eigenvalue weighted by Crippen LogP contribution is 2.25. The summed E-state index contributed by atoms with van der Waals surface area (Å²) >= 11 is 3.15. The number of aromatic nitrogens is 1. The largest absolute Gasteiger partial charge is 0.497 e. The molecule has 1 atom stereocenters. The van der Waals surface area contributed by atoms with E-state index in [0.717, 1.165) is 21.8 Å². The molecule has 2 amide bonds. The van der Waals surface area contributed by atoms with Crippen molar-refractivity contribution in [3.63, 3.8) is 0 Å². The minimum Gasteiger partial charge on any atom is -0.497 e. The third-order valence-corrected chi connectivity index (χ3v) is 6.96. The molecule has 1 aliphatic heterocycles. The smallest absolute Gasteiger partial charge is 0.244 e. The van der Waals surface area contributed by atoms with Crippen molar-refractivity contribution < 1.29 is 14.3 Å². The molecule has 2 heterocycles. The molecule has 0 radical (unpaired) electrons. The van der Waals surface area contributed by atoms with Crippen molar-refractivity contribution in [1.29, 1.82) is 0 Å². The SMILES string of the molecule is COc1cccc(CC(=O)N2CSCC2C(=O)NCc2csc(-c3ccccc3)n2)c1. The average molecular weight is 454 g/mol. The number of rotatable bonds is 7. The maximum atomic E-state index is 12.8. The Morgan fingerprint density at radius 2 is 2.03 bits per heavy atom. The Balaban J connectivity index is 1.34. The average Bonchev–Trinajstić information content (AvgIpc) is 3.48. The maximum absolute atomic E-state index is 12.8. The predicted octanol–water partition coefficient (Wildman–Crippen LogP) is 3.58. The highest BCUT2D eigenvalue weighted by Gasteiger charge is 2.34. The second kappa shape index (κ2) is 9.98. The molecule has 1 aliphatic rings. The van der Waals surface area contributed by atoms with Gasteiger partial charge in [-0.25, -0.2) is 4.98 Å². The summed E-state index contributed by atoms with van der Waals surface area (Å²) in [6.07, 6.45) is 0.244. The number of carbonyl (C=O) groups excluding carboxylic acids is 2. The molecule has 31 heavy (non-hydrogen) atoms. The Morgan fingerprint density at radius 1 is 1.19 bits per heavy atom. The maximum Gasteiger partial charge on any atom is 0.244 e. The lowest BCUT2D eigenvalue weighted by atomic mass is 10.1. The third-order valence-electron chi connectivity index (χ3n) is 5.01. The number of nitrogens with zero attached hydrogens (tertiary/aromatic N) is 2. The van der Waals surface area contributed by atoms with Crippen molar-refractivity contribution in [2.24, 2.45) is 0 Å². The van der Waals surface area contributed by atoms with E-state index in [1.54, 1.807) is 35.1 Å². The summed E-state index contributed by atoms with van der Waals surface area (Å²) < 4.78 is 5.23. The summed E-state index contributed by atoms with van der Waals surface area (Å²) in [4.78, 5) is 31.9. The number of carbonyl (C=O) groups is 2. The summed E-state index contributed by atoms with van der Waals surface area (Å²) in [7, 11) is 1.60. The third kappa shape index (κ3) is 5.26. The first kappa shape index (κ1) is 21.4. The Bertz CT molecular complexity index is 1050. The Labute approximate surface area is 189 Å². The van der Waals surface area contributed by atoms with Crippen molar-refractivity contribution in [3.8, 4) is 16.3 Å². The van der Waals surface area contributed by atoms with Crippen LogP contribution in [0.4, 0.5) is 0 Å². The minimum absolute atomic E-state index is 0.0570. The molecular formula is C23H23N3O3S2. The van der Waals surface area contributed by atoms with Crippen molar-refractivity contribution in [2.75, 3.05) is 18.7 Å². The molecular weight excluding hydrogens is 430 g/mol. The van der Waals surface area contributed by atoms with Gasteiger partial charge in [-0.05, 0) is 17.7 Å². The van der Waals surface area contributed by atoms with Gasteiger partial charge >= 0.3 is 0 Å². The van der Waals surface area contributed by atoms with Crippen LogP contribution in [-0.2, 0) is 22.6 Å². The first-order valence-electron chi connectivity index (χ1n) is 9.91. The fourth-order valence-corrected chi connectivity index (χ4v) is 5.37. The van der Waals surface area contributed by atoms with E-state index in [-0.39, 0.29) is 18.2 Å². The van der Waals surface area contributed by atoms with Crippen LogP contribution in [0.5, 0.6) is 5.75 Å². The van der Waals surface area contributed by atoms with E-state index in [9.17, 15) is 9.59 Å². The molecule has 1 unspecified atom stereocenters. The number of benzene rings is 2. The van der Waals surface area contributed by atoms with Crippen molar-refractivity contribution >= 4 is 34.9 Å². The molecule has 1 fully saturated rings. The van der Waals surface area contributed by atoms with Gasteiger partial charge in [-0.1, -0.05) is 42.5 Å². The number of ether oxygens (including phenoxy) is 1. The fourth-order valence-electron chi connectivity index (χ4n) is 3.36. The second-order valence-corrected chi connectivity index (χ2v) is 8.99. The second-order valence-electron chi connectivity index (χ2n) is 7.14. The van der Waals surface area contributed by atoms with E-state index in [2.05, 4.69) is 10.3 Å². The van der Waals surface area contributed by atoms with E-state index in [4.69, 9.17) is 4.74 Å². The number of methoxy groups -OCH3 is 1. The van der Waals surface area contributed by atoms with Gasteiger partial charge in [0.05, 0.1) is 31.6 Å². The monoisotopic (exact) mass is 453 g/mol. The molecule has 0 aliphatic carbocycles. The van der Waals surface area contributed by atoms with Gasteiger partial charge in [0.25, 0.3) is 0 Å². The molecule has 0 spiro atoms. The van der Waals surface area contributed by atoms with Gasteiger partial charge < -0.3 is 15.0 Å². The molecule has 1 saturated heterocycles. The Hall–Kier alpha value is -2.84. The summed E-state index contributed by atoms with van der Waals surface area (Å²) in [6, 6.07) is 17.0. The molecule has 2 aromatic carbocycles. The van der Waals surface area contributed by atoms with Crippen LogP contribution in [0.3, 0.4) is 0 Å². The number of thiazole rings is 1. The van der Waals surface area contributed by atoms with Crippen LogP contribution >= 0.6 is 23.1 Å². The van der Waals surface area contributed by atoms with E-state index in [1.807, 2.05) is 60.0 Å². The van der Waals surface area contributed by atoms with Gasteiger partial charge in [-0.15, -0.1) is 23.1 Å². The molecule has 8 heteroatoms. The standard InChI is InChI=1S/C23H23N3O3S2/c1-29-19-9-5-6-16(10-19)11-21(27)26-15-30-14-20(26)22(28)24-12-18-13-31-23(25-18)17-7-3-2-4-8-17/h2-10,13,20H,11-12,14-15H2,1H3,(H,24,28). The number of nitrogens with one attached hydrogen (secondary N) is 1. The van der Waals surface area contributed by atoms with Gasteiger partial charge in [0, 0.05) is 16.7 Å². The zero-order valence-corrected chi connectivity index (χ0v) is 18.7. The normalized spacial score (nSPS) is 15.6. The van der Waals surface area contributed by atoms with Crippen molar-refractivity contribution in [3.05, 3.63) is 71.2 Å². The van der Waals surface area contributed by atoms with Gasteiger partial charge in [-0.3, -0.25) is 9.59 Å². The first-order valence-corrected chi connectivity index (χ1v) is 11.9. The zero-order valence-electron chi connectivity index (χ0n) is 17.1. The van der Waals surface area contributed by atoms with Crippen LogP contribution in [-0.4, -0.2) is 46.5 Å².